The summed E-state index contributed by atoms with van der Waals surface area (Å²) in [4.78, 5) is 20.9. The molecule has 0 amide bonds. The Morgan fingerprint density at radius 1 is 1.32 bits per heavy atom. The van der Waals surface area contributed by atoms with Gasteiger partial charge in [-0.3, -0.25) is 9.79 Å². The van der Waals surface area contributed by atoms with Gasteiger partial charge in [-0.2, -0.15) is 0 Å². The van der Waals surface area contributed by atoms with Crippen LogP contribution in [0.1, 0.15) is 32.9 Å². The lowest BCUT2D eigenvalue weighted by Gasteiger charge is -2.21. The number of phenolic OH excluding ortho intramolecular Hbond substituents is 1. The van der Waals surface area contributed by atoms with Crippen LogP contribution in [0.4, 0.5) is 0 Å². The van der Waals surface area contributed by atoms with E-state index in [0.29, 0.717) is 15.9 Å². The van der Waals surface area contributed by atoms with Crippen molar-refractivity contribution in [3.05, 3.63) is 63.1 Å². The highest BCUT2D eigenvalue weighted by atomic mass is 79.9. The predicted molar refractivity (Wildman–Crippen MR) is 98.6 cm³/mol. The largest absolute Gasteiger partial charge is 0.507 e. The molecule has 2 aliphatic rings. The fourth-order valence-corrected chi connectivity index (χ4v) is 4.24. The summed E-state index contributed by atoms with van der Waals surface area (Å²) in [5.41, 5.74) is 7.05. The number of H-pyrrole nitrogens is 1. The Bertz CT molecular complexity index is 1100. The molecule has 0 saturated heterocycles. The number of phenols is 1. The second-order valence-corrected chi connectivity index (χ2v) is 7.27. The second kappa shape index (κ2) is 4.95. The average Bonchev–Trinajstić information content (AvgIpc) is 3.17. The first-order chi connectivity index (χ1) is 12.1. The molecule has 0 bridgehead atoms. The molecule has 3 aromatic rings. The first-order valence-electron chi connectivity index (χ1n) is 8.04. The number of hydrogen-bond donors (Lipinski definition) is 2. The average molecular weight is 396 g/mol. The van der Waals surface area contributed by atoms with E-state index in [1.54, 1.807) is 6.07 Å². The van der Waals surface area contributed by atoms with E-state index < -0.39 is 0 Å². The maximum absolute atomic E-state index is 13.0. The predicted octanol–water partition coefficient (Wildman–Crippen LogP) is 3.43. The van der Waals surface area contributed by atoms with E-state index in [9.17, 15) is 9.90 Å². The van der Waals surface area contributed by atoms with Crippen molar-refractivity contribution >= 4 is 27.4 Å². The molecule has 6 heteroatoms. The van der Waals surface area contributed by atoms with E-state index in [4.69, 9.17) is 4.99 Å². The summed E-state index contributed by atoms with van der Waals surface area (Å²) in [5, 5.41) is 9.76. The van der Waals surface area contributed by atoms with Gasteiger partial charge in [0.05, 0.1) is 15.9 Å². The van der Waals surface area contributed by atoms with Crippen molar-refractivity contribution in [2.75, 3.05) is 6.54 Å². The highest BCUT2D eigenvalue weighted by molar-refractivity contribution is 9.10. The number of carbonyl (C=O) groups excluding carboxylic acids is 1. The van der Waals surface area contributed by atoms with Crippen molar-refractivity contribution in [1.29, 1.82) is 0 Å². The minimum atomic E-state index is 0.00342. The van der Waals surface area contributed by atoms with E-state index >= 15 is 0 Å². The number of halogens is 1. The van der Waals surface area contributed by atoms with Crippen molar-refractivity contribution in [2.45, 2.75) is 6.42 Å². The quantitative estimate of drug-likeness (QED) is 0.518. The molecule has 0 unspecified atom stereocenters. The highest BCUT2D eigenvalue weighted by Gasteiger charge is 2.37. The zero-order valence-electron chi connectivity index (χ0n) is 13.4. The molecule has 5 rings (SSSR count). The number of aryl methyl sites for hydroxylation is 1. The van der Waals surface area contributed by atoms with Crippen LogP contribution >= 0.6 is 15.9 Å². The van der Waals surface area contributed by atoms with Crippen LogP contribution in [0.15, 0.2) is 40.1 Å². The number of rotatable bonds is 1. The van der Waals surface area contributed by atoms with Crippen LogP contribution in [-0.4, -0.2) is 32.7 Å². The van der Waals surface area contributed by atoms with Gasteiger partial charge in [0.15, 0.2) is 0 Å². The van der Waals surface area contributed by atoms with E-state index in [0.717, 1.165) is 40.9 Å². The molecular weight excluding hydrogens is 382 g/mol. The number of carbonyl (C=O) groups is 1. The van der Waals surface area contributed by atoms with Gasteiger partial charge >= 0.3 is 0 Å². The van der Waals surface area contributed by atoms with Gasteiger partial charge in [-0.05, 0) is 45.6 Å². The molecule has 0 spiro atoms. The summed E-state index contributed by atoms with van der Waals surface area (Å²) in [6.07, 6.45) is 4.75. The molecule has 1 aromatic carbocycles. The van der Waals surface area contributed by atoms with Gasteiger partial charge in [0.1, 0.15) is 11.4 Å². The molecule has 25 heavy (non-hydrogen) atoms. The molecule has 124 valence electrons. The van der Waals surface area contributed by atoms with Crippen LogP contribution in [0.25, 0.3) is 11.1 Å². The van der Waals surface area contributed by atoms with Gasteiger partial charge in [-0.1, -0.05) is 6.07 Å². The summed E-state index contributed by atoms with van der Waals surface area (Å²) in [5.74, 6) is 0.190. The lowest BCUT2D eigenvalue weighted by molar-refractivity contribution is 0.102. The van der Waals surface area contributed by atoms with Crippen molar-refractivity contribution in [1.82, 2.24) is 9.55 Å². The molecule has 0 fully saturated rings. The Kier molecular flexibility index (Phi) is 2.92. The number of nitrogens with one attached hydrogen (secondary N) is 1. The van der Waals surface area contributed by atoms with Gasteiger partial charge in [-0.15, -0.1) is 0 Å². The summed E-state index contributed by atoms with van der Waals surface area (Å²) in [7, 11) is 1.91. The van der Waals surface area contributed by atoms with Gasteiger partial charge in [0, 0.05) is 42.7 Å². The number of aromatic nitrogens is 2. The third-order valence-corrected chi connectivity index (χ3v) is 5.60. The smallest absolute Gasteiger partial charge is 0.226 e. The molecule has 1 aliphatic carbocycles. The molecular formula is C19H14BrN3O2. The molecule has 1 aliphatic heterocycles. The Balaban J connectivity index is 1.79. The van der Waals surface area contributed by atoms with Crippen LogP contribution in [0, 0.1) is 0 Å². The molecule has 0 radical (unpaired) electrons. The van der Waals surface area contributed by atoms with Crippen LogP contribution in [0.5, 0.6) is 5.75 Å². The number of nitrogens with zero attached hydrogens (tertiary/aromatic N) is 2. The van der Waals surface area contributed by atoms with Crippen LogP contribution in [0.2, 0.25) is 0 Å². The van der Waals surface area contributed by atoms with Crippen molar-refractivity contribution in [3.8, 4) is 16.9 Å². The Labute approximate surface area is 152 Å². The fraction of sp³-hybridized carbons (Fsp3) is 0.158. The molecule has 5 nitrogen and oxygen atoms in total. The summed E-state index contributed by atoms with van der Waals surface area (Å²) in [6.45, 7) is 0.726. The highest BCUT2D eigenvalue weighted by Crippen LogP contribution is 2.39. The minimum Gasteiger partial charge on any atom is -0.507 e. The SMILES string of the molecule is Cn1cc2c3c1C(=O)c1[nH]cc(-c4ccc(O)c(Br)c4)c1C3=NCC2. The van der Waals surface area contributed by atoms with Crippen molar-refractivity contribution in [3.63, 3.8) is 0 Å². The zero-order valence-corrected chi connectivity index (χ0v) is 15.0. The Hall–Kier alpha value is -2.60. The van der Waals surface area contributed by atoms with Crippen LogP contribution in [-0.2, 0) is 13.5 Å². The summed E-state index contributed by atoms with van der Waals surface area (Å²) in [6, 6.07) is 5.35. The third kappa shape index (κ3) is 1.88. The maximum atomic E-state index is 13.0. The monoisotopic (exact) mass is 395 g/mol. The van der Waals surface area contributed by atoms with Crippen LogP contribution in [0.3, 0.4) is 0 Å². The molecule has 3 heterocycles. The first kappa shape index (κ1) is 14.7. The molecule has 2 N–H and O–H groups in total. The maximum Gasteiger partial charge on any atom is 0.226 e. The molecule has 0 saturated carbocycles. The van der Waals surface area contributed by atoms with E-state index in [1.165, 1.54) is 5.56 Å². The van der Waals surface area contributed by atoms with E-state index in [1.807, 2.05) is 36.1 Å². The topological polar surface area (TPSA) is 70.4 Å². The summed E-state index contributed by atoms with van der Waals surface area (Å²) < 4.78 is 2.53. The number of aromatic hydroxyl groups is 1. The second-order valence-electron chi connectivity index (χ2n) is 6.42. The van der Waals surface area contributed by atoms with Gasteiger partial charge in [0.25, 0.3) is 0 Å². The third-order valence-electron chi connectivity index (χ3n) is 4.97. The molecule has 2 aromatic heterocycles. The zero-order chi connectivity index (χ0) is 17.3. The summed E-state index contributed by atoms with van der Waals surface area (Å²) >= 11 is 3.36. The Morgan fingerprint density at radius 3 is 2.96 bits per heavy atom. The lowest BCUT2D eigenvalue weighted by Crippen LogP contribution is -2.25. The number of benzene rings is 1. The van der Waals surface area contributed by atoms with Crippen molar-refractivity contribution in [2.24, 2.45) is 12.0 Å². The van der Waals surface area contributed by atoms with Crippen molar-refractivity contribution < 1.29 is 9.90 Å². The number of fused-ring (bicyclic) bond motifs is 2. The van der Waals surface area contributed by atoms with Crippen LogP contribution < -0.4 is 0 Å². The minimum absolute atomic E-state index is 0.00342. The van der Waals surface area contributed by atoms with Gasteiger partial charge in [-0.25, -0.2) is 0 Å². The number of aliphatic imine (C=N–C) groups is 1. The van der Waals surface area contributed by atoms with Gasteiger partial charge < -0.3 is 14.7 Å². The first-order valence-corrected chi connectivity index (χ1v) is 8.84. The Morgan fingerprint density at radius 2 is 2.16 bits per heavy atom. The van der Waals surface area contributed by atoms with E-state index in [2.05, 4.69) is 20.9 Å². The normalized spacial score (nSPS) is 15.0. The standard InChI is InChI=1S/C19H14BrN3O2/c1-23-8-10-4-5-21-16-14(10)18(23)19(25)17-15(16)11(7-22-17)9-2-3-13(24)12(20)6-9/h2-3,6-8,22,24H,4-5H2,1H3. The fourth-order valence-electron chi connectivity index (χ4n) is 3.86. The number of ketones is 1. The van der Waals surface area contributed by atoms with Gasteiger partial charge in [0.2, 0.25) is 5.78 Å². The lowest BCUT2D eigenvalue weighted by atomic mass is 9.84. The molecule has 0 atom stereocenters. The van der Waals surface area contributed by atoms with E-state index in [-0.39, 0.29) is 11.5 Å². The number of aromatic amines is 1. The number of hydrogen-bond acceptors (Lipinski definition) is 3.